The Morgan fingerprint density at radius 3 is 2.85 bits per heavy atom. The molecule has 0 unspecified atom stereocenters. The number of carboxylic acids is 1. The normalized spacial score (nSPS) is 22.0. The highest BCUT2D eigenvalue weighted by atomic mass is 16.4. The van der Waals surface area contributed by atoms with E-state index in [-0.39, 0.29) is 17.7 Å². The number of nitrogens with zero attached hydrogens (tertiary/aromatic N) is 1. The van der Waals surface area contributed by atoms with Crippen molar-refractivity contribution in [2.24, 2.45) is 11.8 Å². The number of carbonyl (C=O) groups excluding carboxylic acids is 1. The van der Waals surface area contributed by atoms with Gasteiger partial charge in [0.05, 0.1) is 17.6 Å². The minimum absolute atomic E-state index is 0.104. The average molecular weight is 273 g/mol. The first-order valence-electron chi connectivity index (χ1n) is 6.60. The first kappa shape index (κ1) is 12.7. The minimum atomic E-state index is -0.806. The van der Waals surface area contributed by atoms with E-state index < -0.39 is 5.97 Å². The van der Waals surface area contributed by atoms with Crippen molar-refractivity contribution in [3.8, 4) is 0 Å². The largest absolute Gasteiger partial charge is 0.481 e. The third kappa shape index (κ3) is 2.36. The molecule has 1 amide bonds. The van der Waals surface area contributed by atoms with Crippen LogP contribution in [-0.2, 0) is 9.59 Å². The quantitative estimate of drug-likeness (QED) is 0.797. The lowest BCUT2D eigenvalue weighted by atomic mass is 10.0. The molecular formula is C14H15N3O3. The monoisotopic (exact) mass is 273 g/mol. The summed E-state index contributed by atoms with van der Waals surface area (Å²) in [7, 11) is 0. The predicted molar refractivity (Wildman–Crippen MR) is 73.2 cm³/mol. The maximum absolute atomic E-state index is 12.1. The molecule has 1 aromatic carbocycles. The van der Waals surface area contributed by atoms with Crippen LogP contribution in [0.25, 0.3) is 10.9 Å². The molecule has 6 heteroatoms. The fraction of sp³-hybridized carbons (Fsp3) is 0.357. The zero-order valence-corrected chi connectivity index (χ0v) is 10.8. The molecule has 1 aromatic heterocycles. The van der Waals surface area contributed by atoms with Crippen LogP contribution in [0.15, 0.2) is 24.4 Å². The number of fused-ring (bicyclic) bond motifs is 1. The highest BCUT2D eigenvalue weighted by Crippen LogP contribution is 2.32. The van der Waals surface area contributed by atoms with Gasteiger partial charge >= 0.3 is 5.97 Å². The molecule has 104 valence electrons. The number of carboxylic acid groups (broad SMARTS) is 1. The maximum Gasteiger partial charge on any atom is 0.306 e. The zero-order chi connectivity index (χ0) is 14.1. The molecular weight excluding hydrogens is 258 g/mol. The highest BCUT2D eigenvalue weighted by Gasteiger charge is 2.33. The van der Waals surface area contributed by atoms with E-state index in [1.165, 1.54) is 0 Å². The molecule has 2 atom stereocenters. The van der Waals surface area contributed by atoms with Gasteiger partial charge < -0.3 is 10.4 Å². The molecule has 3 N–H and O–H groups in total. The summed E-state index contributed by atoms with van der Waals surface area (Å²) in [4.78, 5) is 23.0. The summed E-state index contributed by atoms with van der Waals surface area (Å²) < 4.78 is 0. The van der Waals surface area contributed by atoms with Crippen LogP contribution in [0, 0.1) is 11.8 Å². The van der Waals surface area contributed by atoms with E-state index >= 15 is 0 Å². The Morgan fingerprint density at radius 1 is 1.30 bits per heavy atom. The number of nitrogens with one attached hydrogen (secondary N) is 2. The molecule has 20 heavy (non-hydrogen) atoms. The maximum atomic E-state index is 12.1. The number of H-pyrrole nitrogens is 1. The average Bonchev–Trinajstić information content (AvgIpc) is 3.07. The molecule has 0 bridgehead atoms. The lowest BCUT2D eigenvalue weighted by Crippen LogP contribution is -2.21. The number of aromatic nitrogens is 2. The molecule has 1 aliphatic rings. The lowest BCUT2D eigenvalue weighted by Gasteiger charge is -2.10. The Kier molecular flexibility index (Phi) is 3.14. The van der Waals surface area contributed by atoms with E-state index in [9.17, 15) is 9.59 Å². The van der Waals surface area contributed by atoms with Crippen molar-refractivity contribution in [3.63, 3.8) is 0 Å². The van der Waals surface area contributed by atoms with Gasteiger partial charge in [0.25, 0.3) is 0 Å². The molecule has 1 saturated carbocycles. The van der Waals surface area contributed by atoms with Crippen LogP contribution in [0.1, 0.15) is 19.3 Å². The van der Waals surface area contributed by atoms with Crippen LogP contribution in [0.3, 0.4) is 0 Å². The Balaban J connectivity index is 1.68. The number of anilines is 1. The molecule has 1 aliphatic carbocycles. The van der Waals surface area contributed by atoms with E-state index in [1.54, 1.807) is 6.20 Å². The second kappa shape index (κ2) is 4.96. The Labute approximate surface area is 115 Å². The summed E-state index contributed by atoms with van der Waals surface area (Å²) in [5, 5.41) is 19.6. The van der Waals surface area contributed by atoms with Crippen LogP contribution in [-0.4, -0.2) is 27.2 Å². The summed E-state index contributed by atoms with van der Waals surface area (Å²) in [6.07, 6.45) is 3.35. The van der Waals surface area contributed by atoms with Crippen LogP contribution in [0.5, 0.6) is 0 Å². The van der Waals surface area contributed by atoms with Crippen molar-refractivity contribution in [2.45, 2.75) is 19.3 Å². The molecule has 3 rings (SSSR count). The van der Waals surface area contributed by atoms with Gasteiger partial charge in [0, 0.05) is 17.0 Å². The van der Waals surface area contributed by atoms with Gasteiger partial charge in [0.1, 0.15) is 0 Å². The van der Waals surface area contributed by atoms with Gasteiger partial charge in [-0.2, -0.15) is 5.10 Å². The summed E-state index contributed by atoms with van der Waals surface area (Å²) >= 11 is 0. The van der Waals surface area contributed by atoms with E-state index in [4.69, 9.17) is 5.11 Å². The second-order valence-corrected chi connectivity index (χ2v) is 5.21. The van der Waals surface area contributed by atoms with Crippen molar-refractivity contribution in [1.82, 2.24) is 10.2 Å². The topological polar surface area (TPSA) is 95.1 Å². The Hall–Kier alpha value is -2.37. The van der Waals surface area contributed by atoms with Crippen LogP contribution in [0.2, 0.25) is 0 Å². The number of amides is 1. The number of hydrogen-bond donors (Lipinski definition) is 3. The summed E-state index contributed by atoms with van der Waals surface area (Å²) in [6, 6.07) is 5.52. The summed E-state index contributed by atoms with van der Waals surface area (Å²) in [5.41, 5.74) is 1.56. The molecule has 1 fully saturated rings. The first-order valence-corrected chi connectivity index (χ1v) is 6.60. The zero-order valence-electron chi connectivity index (χ0n) is 10.8. The third-order valence-corrected chi connectivity index (χ3v) is 3.86. The van der Waals surface area contributed by atoms with Gasteiger partial charge in [0.2, 0.25) is 5.91 Å². The lowest BCUT2D eigenvalue weighted by molar-refractivity contribution is -0.141. The molecule has 6 nitrogen and oxygen atoms in total. The number of benzene rings is 1. The Bertz CT molecular complexity index is 664. The molecule has 0 saturated heterocycles. The van der Waals surface area contributed by atoms with Gasteiger partial charge in [-0.25, -0.2) is 0 Å². The first-order chi connectivity index (χ1) is 9.63. The van der Waals surface area contributed by atoms with E-state index in [0.717, 1.165) is 10.9 Å². The van der Waals surface area contributed by atoms with Crippen molar-refractivity contribution in [3.05, 3.63) is 24.4 Å². The smallest absolute Gasteiger partial charge is 0.306 e. The van der Waals surface area contributed by atoms with Gasteiger partial charge in [-0.15, -0.1) is 0 Å². The number of carbonyl (C=O) groups is 2. The van der Waals surface area contributed by atoms with Crippen molar-refractivity contribution < 1.29 is 14.7 Å². The van der Waals surface area contributed by atoms with Crippen molar-refractivity contribution in [1.29, 1.82) is 0 Å². The van der Waals surface area contributed by atoms with Crippen LogP contribution >= 0.6 is 0 Å². The SMILES string of the molecule is O=C(O)[C@@H]1CC[C@H](C(=O)Nc2ccc3cn[nH]c3c2)C1. The molecule has 0 spiro atoms. The number of aliphatic carboxylic acids is 1. The second-order valence-electron chi connectivity index (χ2n) is 5.21. The number of hydrogen-bond acceptors (Lipinski definition) is 3. The molecule has 0 radical (unpaired) electrons. The third-order valence-electron chi connectivity index (χ3n) is 3.86. The van der Waals surface area contributed by atoms with E-state index in [1.807, 2.05) is 18.2 Å². The highest BCUT2D eigenvalue weighted by molar-refractivity contribution is 5.95. The fourth-order valence-electron chi connectivity index (χ4n) is 2.70. The number of rotatable bonds is 3. The summed E-state index contributed by atoms with van der Waals surface area (Å²) in [5.74, 6) is -1.51. The molecule has 0 aliphatic heterocycles. The van der Waals surface area contributed by atoms with Crippen molar-refractivity contribution in [2.75, 3.05) is 5.32 Å². The Morgan fingerprint density at radius 2 is 2.10 bits per heavy atom. The van der Waals surface area contributed by atoms with E-state index in [2.05, 4.69) is 15.5 Å². The van der Waals surface area contributed by atoms with Crippen LogP contribution < -0.4 is 5.32 Å². The number of aromatic amines is 1. The van der Waals surface area contributed by atoms with E-state index in [0.29, 0.717) is 24.9 Å². The molecule has 1 heterocycles. The molecule has 2 aromatic rings. The minimum Gasteiger partial charge on any atom is -0.481 e. The van der Waals surface area contributed by atoms with Gasteiger partial charge in [-0.3, -0.25) is 14.7 Å². The van der Waals surface area contributed by atoms with Gasteiger partial charge in [-0.1, -0.05) is 0 Å². The van der Waals surface area contributed by atoms with Crippen molar-refractivity contribution >= 4 is 28.5 Å². The standard InChI is InChI=1S/C14H15N3O3/c18-13(8-1-2-9(5-8)14(19)20)16-11-4-3-10-7-15-17-12(10)6-11/h3-4,6-9H,1-2,5H2,(H,15,17)(H,16,18)(H,19,20)/t8-,9+/m0/s1. The fourth-order valence-corrected chi connectivity index (χ4v) is 2.70. The van der Waals surface area contributed by atoms with Gasteiger partial charge in [0.15, 0.2) is 0 Å². The predicted octanol–water partition coefficient (Wildman–Crippen LogP) is 2.00. The van der Waals surface area contributed by atoms with Gasteiger partial charge in [-0.05, 0) is 37.5 Å². The van der Waals surface area contributed by atoms with Crippen LogP contribution in [0.4, 0.5) is 5.69 Å². The summed E-state index contributed by atoms with van der Waals surface area (Å²) in [6.45, 7) is 0.